The Balaban J connectivity index is 1.49. The van der Waals surface area contributed by atoms with E-state index < -0.39 is 28.9 Å². The number of halogens is 2. The molecule has 4 rings (SSSR count). The number of carbonyl (C=O) groups is 3. The van der Waals surface area contributed by atoms with Crippen LogP contribution in [-0.2, 0) is 22.4 Å². The Labute approximate surface area is 262 Å². The van der Waals surface area contributed by atoms with Gasteiger partial charge in [0.2, 0.25) is 0 Å². The summed E-state index contributed by atoms with van der Waals surface area (Å²) in [4.78, 5) is 36.9. The molecule has 7 nitrogen and oxygen atoms in total. The first-order chi connectivity index (χ1) is 20.8. The van der Waals surface area contributed by atoms with Gasteiger partial charge in [0.15, 0.2) is 23.1 Å². The van der Waals surface area contributed by atoms with Crippen LogP contribution in [0.5, 0.6) is 17.2 Å². The Bertz CT molecular complexity index is 1720. The Hall–Kier alpha value is -3.57. The molecule has 236 valence electrons. The summed E-state index contributed by atoms with van der Waals surface area (Å²) in [6, 6.07) is 6.65. The molecule has 0 radical (unpaired) electrons. The van der Waals surface area contributed by atoms with E-state index in [0.29, 0.717) is 45.4 Å². The number of carbonyl (C=O) groups excluding carboxylic acids is 2. The van der Waals surface area contributed by atoms with Gasteiger partial charge in [0.1, 0.15) is 17.3 Å². The molecule has 0 aliphatic rings. The summed E-state index contributed by atoms with van der Waals surface area (Å²) in [5, 5.41) is 9.80. The minimum absolute atomic E-state index is 0.0205. The maximum atomic E-state index is 15.7. The highest BCUT2D eigenvalue weighted by Crippen LogP contribution is 2.41. The van der Waals surface area contributed by atoms with Crippen molar-refractivity contribution in [1.82, 2.24) is 0 Å². The molecular formula is C33H36F2O7S2. The van der Waals surface area contributed by atoms with E-state index in [1.165, 1.54) is 38.5 Å². The van der Waals surface area contributed by atoms with E-state index in [9.17, 15) is 14.4 Å². The van der Waals surface area contributed by atoms with Crippen LogP contribution >= 0.6 is 22.7 Å². The number of aryl methyl sites for hydroxylation is 1. The van der Waals surface area contributed by atoms with Crippen LogP contribution < -0.4 is 14.2 Å². The second-order valence-electron chi connectivity index (χ2n) is 11.5. The van der Waals surface area contributed by atoms with Gasteiger partial charge in [0.05, 0.1) is 31.6 Å². The fourth-order valence-electron chi connectivity index (χ4n) is 4.78. The predicted octanol–water partition coefficient (Wildman–Crippen LogP) is 8.26. The number of carboxylic acids is 1. The fraction of sp³-hybridized carbons (Fsp3) is 0.424. The summed E-state index contributed by atoms with van der Waals surface area (Å²) in [5.41, 5.74) is -0.157. The molecule has 0 saturated heterocycles. The molecule has 0 spiro atoms. The first kappa shape index (κ1) is 33.3. The van der Waals surface area contributed by atoms with Gasteiger partial charge in [0, 0.05) is 48.5 Å². The standard InChI is InChI=1S/C33H36F2O7S2/c1-17(32(38)39)12-23(37)28-14-22-27(44-28)15-24(40-5)20(29(22)34)8-7-11-42-31-25(41-6)16-26-21(30(31)35)13-19(43-26)9-10-33(3,4)18(2)36/h13-17H,7-12H2,1-6H3,(H,38,39)/t17-/m0/s1. The Morgan fingerprint density at radius 1 is 0.932 bits per heavy atom. The molecule has 0 aliphatic carbocycles. The van der Waals surface area contributed by atoms with Gasteiger partial charge in [-0.3, -0.25) is 14.4 Å². The molecule has 0 saturated carbocycles. The molecule has 11 heteroatoms. The lowest BCUT2D eigenvalue weighted by Crippen LogP contribution is -2.21. The van der Waals surface area contributed by atoms with E-state index in [1.54, 1.807) is 25.1 Å². The Morgan fingerprint density at radius 2 is 1.57 bits per heavy atom. The average molecular weight is 647 g/mol. The molecule has 0 aliphatic heterocycles. The van der Waals surface area contributed by atoms with Gasteiger partial charge >= 0.3 is 5.97 Å². The van der Waals surface area contributed by atoms with Crippen LogP contribution in [-0.4, -0.2) is 43.5 Å². The van der Waals surface area contributed by atoms with Crippen molar-refractivity contribution in [1.29, 1.82) is 0 Å². The largest absolute Gasteiger partial charge is 0.496 e. The number of ether oxygens (including phenoxy) is 3. The maximum Gasteiger partial charge on any atom is 0.306 e. The number of rotatable bonds is 15. The van der Waals surface area contributed by atoms with Crippen molar-refractivity contribution in [2.45, 2.75) is 59.8 Å². The van der Waals surface area contributed by atoms with Crippen LogP contribution in [0.4, 0.5) is 8.78 Å². The van der Waals surface area contributed by atoms with Gasteiger partial charge < -0.3 is 19.3 Å². The zero-order chi connectivity index (χ0) is 32.3. The number of fused-ring (bicyclic) bond motifs is 2. The van der Waals surface area contributed by atoms with Crippen molar-refractivity contribution in [2.24, 2.45) is 11.3 Å². The van der Waals surface area contributed by atoms with Crippen molar-refractivity contribution < 1.29 is 42.5 Å². The van der Waals surface area contributed by atoms with E-state index in [4.69, 9.17) is 19.3 Å². The van der Waals surface area contributed by atoms with Crippen molar-refractivity contribution in [3.05, 3.63) is 51.2 Å². The summed E-state index contributed by atoms with van der Waals surface area (Å²) in [6.45, 7) is 6.91. The molecule has 44 heavy (non-hydrogen) atoms. The normalized spacial score (nSPS) is 12.5. The molecule has 0 unspecified atom stereocenters. The van der Waals surface area contributed by atoms with Gasteiger partial charge in [-0.05, 0) is 50.8 Å². The SMILES string of the molecule is COc1cc2sc(C(=O)C[C@H](C)C(=O)O)cc2c(F)c1CCCOc1c(OC)cc2sc(CCC(C)(C)C(C)=O)cc2c1F. The van der Waals surface area contributed by atoms with Crippen molar-refractivity contribution in [2.75, 3.05) is 20.8 Å². The van der Waals surface area contributed by atoms with E-state index in [-0.39, 0.29) is 52.8 Å². The summed E-state index contributed by atoms with van der Waals surface area (Å²) < 4.78 is 49.2. The number of aliphatic carboxylic acids is 1. The maximum absolute atomic E-state index is 15.7. The third-order valence-electron chi connectivity index (χ3n) is 7.95. The number of Topliss-reactive ketones (excluding diaryl/α,β-unsaturated/α-hetero) is 2. The highest BCUT2D eigenvalue weighted by molar-refractivity contribution is 7.21. The van der Waals surface area contributed by atoms with Gasteiger partial charge in [-0.1, -0.05) is 20.8 Å². The van der Waals surface area contributed by atoms with Crippen LogP contribution in [0.2, 0.25) is 0 Å². The quantitative estimate of drug-likeness (QED) is 0.103. The van der Waals surface area contributed by atoms with Crippen molar-refractivity contribution >= 4 is 60.4 Å². The second-order valence-corrected chi connectivity index (χ2v) is 13.8. The second kappa shape index (κ2) is 13.6. The lowest BCUT2D eigenvalue weighted by atomic mass is 9.84. The van der Waals surface area contributed by atoms with Crippen molar-refractivity contribution in [3.63, 3.8) is 0 Å². The summed E-state index contributed by atoms with van der Waals surface area (Å²) in [6.07, 6.45) is 1.67. The first-order valence-corrected chi connectivity index (χ1v) is 15.9. The number of ketones is 2. The van der Waals surface area contributed by atoms with E-state index in [0.717, 1.165) is 16.2 Å². The summed E-state index contributed by atoms with van der Waals surface area (Å²) >= 11 is 2.55. The van der Waals surface area contributed by atoms with E-state index in [1.807, 2.05) is 13.8 Å². The minimum atomic E-state index is -1.07. The number of hydrogen-bond donors (Lipinski definition) is 1. The Kier molecular flexibility index (Phi) is 10.3. The molecule has 1 atom stereocenters. The third kappa shape index (κ3) is 7.04. The number of hydrogen-bond acceptors (Lipinski definition) is 8. The smallest absolute Gasteiger partial charge is 0.306 e. The van der Waals surface area contributed by atoms with Crippen LogP contribution in [0, 0.1) is 23.0 Å². The highest BCUT2D eigenvalue weighted by atomic mass is 32.1. The number of thiophene rings is 2. The van der Waals surface area contributed by atoms with Crippen LogP contribution in [0.3, 0.4) is 0 Å². The zero-order valence-corrected chi connectivity index (χ0v) is 27.2. The van der Waals surface area contributed by atoms with Crippen LogP contribution in [0.25, 0.3) is 20.2 Å². The Morgan fingerprint density at radius 3 is 2.20 bits per heavy atom. The highest BCUT2D eigenvalue weighted by Gasteiger charge is 2.25. The van der Waals surface area contributed by atoms with Crippen molar-refractivity contribution in [3.8, 4) is 17.2 Å². The predicted molar refractivity (Wildman–Crippen MR) is 169 cm³/mol. The summed E-state index contributed by atoms with van der Waals surface area (Å²) in [5.74, 6) is -2.68. The zero-order valence-electron chi connectivity index (χ0n) is 25.6. The molecular weight excluding hydrogens is 610 g/mol. The molecule has 1 N–H and O–H groups in total. The molecule has 4 aromatic rings. The lowest BCUT2D eigenvalue weighted by Gasteiger charge is -2.20. The summed E-state index contributed by atoms with van der Waals surface area (Å²) in [7, 11) is 2.87. The van der Waals surface area contributed by atoms with Gasteiger partial charge in [-0.2, -0.15) is 0 Å². The monoisotopic (exact) mass is 646 g/mol. The topological polar surface area (TPSA) is 99.1 Å². The van der Waals surface area contributed by atoms with E-state index >= 15 is 8.78 Å². The average Bonchev–Trinajstić information content (AvgIpc) is 3.60. The number of methoxy groups -OCH3 is 2. The van der Waals surface area contributed by atoms with Crippen LogP contribution in [0.1, 0.15) is 67.1 Å². The molecule has 2 aromatic carbocycles. The molecule has 0 fully saturated rings. The third-order valence-corrected chi connectivity index (χ3v) is 10.2. The molecule has 0 amide bonds. The van der Waals surface area contributed by atoms with Gasteiger partial charge in [-0.25, -0.2) is 8.78 Å². The molecule has 0 bridgehead atoms. The minimum Gasteiger partial charge on any atom is -0.496 e. The van der Waals surface area contributed by atoms with Crippen LogP contribution in [0.15, 0.2) is 24.3 Å². The first-order valence-electron chi connectivity index (χ1n) is 14.2. The van der Waals surface area contributed by atoms with Gasteiger partial charge in [-0.15, -0.1) is 22.7 Å². The van der Waals surface area contributed by atoms with Gasteiger partial charge in [0.25, 0.3) is 0 Å². The number of benzene rings is 2. The molecule has 2 heterocycles. The number of carboxylic acid groups (broad SMARTS) is 1. The van der Waals surface area contributed by atoms with E-state index in [2.05, 4.69) is 0 Å². The fourth-order valence-corrected chi connectivity index (χ4v) is 6.90. The lowest BCUT2D eigenvalue weighted by molar-refractivity contribution is -0.141. The molecule has 2 aromatic heterocycles.